The van der Waals surface area contributed by atoms with E-state index in [2.05, 4.69) is 14.8 Å². The van der Waals surface area contributed by atoms with Crippen LogP contribution < -0.4 is 9.80 Å². The second-order valence-electron chi connectivity index (χ2n) is 12.4. The maximum Gasteiger partial charge on any atom is 0.425 e. The number of ether oxygens (including phenoxy) is 3. The second kappa shape index (κ2) is 10.7. The first-order valence-electron chi connectivity index (χ1n) is 13.2. The molecule has 1 aromatic heterocycles. The maximum absolute atomic E-state index is 13.1. The van der Waals surface area contributed by atoms with Crippen molar-refractivity contribution in [2.24, 2.45) is 0 Å². The highest BCUT2D eigenvalue weighted by Gasteiger charge is 2.44. The van der Waals surface area contributed by atoms with E-state index in [9.17, 15) is 14.7 Å². The fraction of sp³-hybridized carbons (Fsp3) is 0.607. The number of benzene rings is 1. The molecule has 10 nitrogen and oxygen atoms in total. The van der Waals surface area contributed by atoms with Crippen LogP contribution in [0.4, 0.5) is 21.1 Å². The quantitative estimate of drug-likeness (QED) is 0.562. The van der Waals surface area contributed by atoms with Crippen LogP contribution in [0.15, 0.2) is 24.4 Å². The molecule has 0 unspecified atom stereocenters. The predicted molar refractivity (Wildman–Crippen MR) is 151 cm³/mol. The van der Waals surface area contributed by atoms with Crippen LogP contribution in [0.2, 0.25) is 5.02 Å². The molecule has 2 fully saturated rings. The van der Waals surface area contributed by atoms with Crippen molar-refractivity contribution >= 4 is 46.1 Å². The van der Waals surface area contributed by atoms with Gasteiger partial charge in [-0.25, -0.2) is 14.6 Å². The van der Waals surface area contributed by atoms with E-state index < -0.39 is 35.0 Å². The molecule has 0 bridgehead atoms. The highest BCUT2D eigenvalue weighted by atomic mass is 35.5. The molecule has 0 radical (unpaired) electrons. The first-order valence-corrected chi connectivity index (χ1v) is 13.6. The summed E-state index contributed by atoms with van der Waals surface area (Å²) >= 11 is 6.70. The lowest BCUT2D eigenvalue weighted by Crippen LogP contribution is -2.60. The highest BCUT2D eigenvalue weighted by Crippen LogP contribution is 2.35. The Labute approximate surface area is 234 Å². The van der Waals surface area contributed by atoms with Gasteiger partial charge in [0.2, 0.25) is 0 Å². The van der Waals surface area contributed by atoms with E-state index in [-0.39, 0.29) is 5.82 Å². The molecule has 2 aliphatic rings. The smallest absolute Gasteiger partial charge is 0.425 e. The minimum atomic E-state index is -0.875. The summed E-state index contributed by atoms with van der Waals surface area (Å²) in [5, 5.41) is 12.5. The van der Waals surface area contributed by atoms with Gasteiger partial charge in [-0.2, -0.15) is 4.90 Å². The molecule has 39 heavy (non-hydrogen) atoms. The number of nitrogens with zero attached hydrogens (tertiary/aromatic N) is 4. The number of carbonyl (C=O) groups excluding carboxylic acids is 2. The average molecular weight is 563 g/mol. The molecule has 2 aromatic rings. The van der Waals surface area contributed by atoms with Gasteiger partial charge in [-0.3, -0.25) is 4.90 Å². The van der Waals surface area contributed by atoms with Crippen molar-refractivity contribution in [3.8, 4) is 0 Å². The lowest BCUT2D eigenvalue weighted by molar-refractivity contribution is 0.00884. The minimum absolute atomic E-state index is 0.0900. The van der Waals surface area contributed by atoms with Crippen molar-refractivity contribution < 1.29 is 28.9 Å². The van der Waals surface area contributed by atoms with Gasteiger partial charge in [0.15, 0.2) is 0 Å². The van der Waals surface area contributed by atoms with Crippen LogP contribution in [0.25, 0.3) is 10.8 Å². The summed E-state index contributed by atoms with van der Waals surface area (Å²) < 4.78 is 16.5. The Hall–Kier alpha value is -2.66. The molecular weight excluding hydrogens is 524 g/mol. The topological polar surface area (TPSA) is 105 Å². The molecule has 1 aromatic carbocycles. The van der Waals surface area contributed by atoms with Crippen molar-refractivity contribution in [1.82, 2.24) is 9.88 Å². The summed E-state index contributed by atoms with van der Waals surface area (Å²) in [5.74, 6) is 0.0900. The van der Waals surface area contributed by atoms with E-state index >= 15 is 0 Å². The Bertz CT molecular complexity index is 1210. The van der Waals surface area contributed by atoms with Crippen LogP contribution in [0.1, 0.15) is 48.5 Å². The van der Waals surface area contributed by atoms with E-state index in [4.69, 9.17) is 25.8 Å². The van der Waals surface area contributed by atoms with Crippen molar-refractivity contribution in [3.63, 3.8) is 0 Å². The van der Waals surface area contributed by atoms with Gasteiger partial charge in [-0.1, -0.05) is 11.6 Å². The molecule has 3 heterocycles. The van der Waals surface area contributed by atoms with Gasteiger partial charge >= 0.3 is 12.2 Å². The van der Waals surface area contributed by atoms with Crippen LogP contribution >= 0.6 is 11.6 Å². The summed E-state index contributed by atoms with van der Waals surface area (Å²) in [6.45, 7) is 16.2. The zero-order valence-electron chi connectivity index (χ0n) is 23.8. The van der Waals surface area contributed by atoms with Gasteiger partial charge in [0.25, 0.3) is 0 Å². The Morgan fingerprint density at radius 3 is 2.13 bits per heavy atom. The molecule has 11 heteroatoms. The van der Waals surface area contributed by atoms with Crippen molar-refractivity contribution in [2.45, 2.75) is 71.3 Å². The summed E-state index contributed by atoms with van der Waals surface area (Å²) in [5.41, 5.74) is -1.20. The number of imide groups is 1. The number of fused-ring (bicyclic) bond motifs is 1. The molecule has 0 spiro atoms. The number of hydrogen-bond acceptors (Lipinski definition) is 9. The Morgan fingerprint density at radius 2 is 1.62 bits per heavy atom. The molecular formula is C28H39ClN4O6. The van der Waals surface area contributed by atoms with Crippen molar-refractivity contribution in [1.29, 1.82) is 0 Å². The molecule has 2 aliphatic heterocycles. The highest BCUT2D eigenvalue weighted by molar-refractivity contribution is 6.34. The number of carbonyl (C=O) groups is 2. The molecule has 2 saturated heterocycles. The van der Waals surface area contributed by atoms with Crippen LogP contribution in [-0.4, -0.2) is 89.4 Å². The molecule has 0 saturated carbocycles. The van der Waals surface area contributed by atoms with Crippen LogP contribution in [-0.2, 0) is 14.2 Å². The largest absolute Gasteiger partial charge is 0.443 e. The lowest BCUT2D eigenvalue weighted by atomic mass is 9.95. The van der Waals surface area contributed by atoms with E-state index in [0.29, 0.717) is 31.3 Å². The third-order valence-corrected chi connectivity index (χ3v) is 7.19. The number of halogens is 1. The van der Waals surface area contributed by atoms with E-state index in [1.54, 1.807) is 53.8 Å². The number of aliphatic hydroxyl groups excluding tert-OH is 1. The molecule has 1 N–H and O–H groups in total. The normalized spacial score (nSPS) is 22.7. The number of piperazine rings is 1. The number of rotatable bonds is 3. The van der Waals surface area contributed by atoms with Gasteiger partial charge in [0.05, 0.1) is 35.6 Å². The van der Waals surface area contributed by atoms with Crippen molar-refractivity contribution in [3.05, 3.63) is 29.4 Å². The minimum Gasteiger partial charge on any atom is -0.443 e. The van der Waals surface area contributed by atoms with Gasteiger partial charge < -0.3 is 24.2 Å². The van der Waals surface area contributed by atoms with Crippen molar-refractivity contribution in [2.75, 3.05) is 49.2 Å². The molecule has 4 rings (SSSR count). The third kappa shape index (κ3) is 6.57. The Kier molecular flexibility index (Phi) is 8.06. The summed E-state index contributed by atoms with van der Waals surface area (Å²) in [6, 6.07) is 5.43. The lowest BCUT2D eigenvalue weighted by Gasteiger charge is -2.45. The van der Waals surface area contributed by atoms with E-state index in [1.165, 1.54) is 0 Å². The van der Waals surface area contributed by atoms with Crippen LogP contribution in [0.5, 0.6) is 0 Å². The summed E-state index contributed by atoms with van der Waals surface area (Å²) in [7, 11) is 0. The summed E-state index contributed by atoms with van der Waals surface area (Å²) in [4.78, 5) is 35.8. The fourth-order valence-electron chi connectivity index (χ4n) is 4.80. The van der Waals surface area contributed by atoms with E-state index in [0.717, 1.165) is 34.4 Å². The number of aliphatic hydroxyl groups is 1. The molecule has 2 atom stereocenters. The first-order chi connectivity index (χ1) is 18.1. The average Bonchev–Trinajstić information content (AvgIpc) is 3.16. The SMILES string of the molecule is CC(C)(C)OC(=O)N(C(=O)OC(C)(C)C)c1cc2cc(N3CCN([C@@]4(C)COC[C@H]4O)CC3)c(Cl)cc2cn1. The zero-order valence-corrected chi connectivity index (χ0v) is 24.5. The van der Waals surface area contributed by atoms with Gasteiger partial charge in [-0.05, 0) is 72.1 Å². The number of anilines is 2. The van der Waals surface area contributed by atoms with Gasteiger partial charge in [0.1, 0.15) is 17.0 Å². The van der Waals surface area contributed by atoms with Gasteiger partial charge in [-0.15, -0.1) is 0 Å². The summed E-state index contributed by atoms with van der Waals surface area (Å²) in [6.07, 6.45) is -0.694. The van der Waals surface area contributed by atoms with Crippen LogP contribution in [0, 0.1) is 0 Å². The first kappa shape index (κ1) is 29.3. The monoisotopic (exact) mass is 562 g/mol. The Balaban J connectivity index is 1.62. The number of pyridine rings is 1. The maximum atomic E-state index is 13.1. The third-order valence-electron chi connectivity index (χ3n) is 6.88. The zero-order chi connectivity index (χ0) is 28.8. The molecule has 214 valence electrons. The standard InChI is InChI=1S/C28H39ClN4O6/c1-26(2,3)38-24(35)33(25(36)39-27(4,5)6)23-14-18-13-21(20(29)12-19(18)15-30-23)31-8-10-32(11-9-31)28(7)17-37-16-22(28)34/h12-15,22,34H,8-11,16-17H2,1-7H3/t22-,28+/m1/s1. The van der Waals surface area contributed by atoms with E-state index in [1.807, 2.05) is 19.1 Å². The second-order valence-corrected chi connectivity index (χ2v) is 12.8. The number of aromatic nitrogens is 1. The van der Waals surface area contributed by atoms with Gasteiger partial charge in [0, 0.05) is 37.8 Å². The molecule has 2 amide bonds. The fourth-order valence-corrected chi connectivity index (χ4v) is 5.09. The predicted octanol–water partition coefficient (Wildman–Crippen LogP) is 4.84. The van der Waals surface area contributed by atoms with Crippen LogP contribution in [0.3, 0.4) is 0 Å². The number of amides is 2. The molecule has 0 aliphatic carbocycles. The Morgan fingerprint density at radius 1 is 1.03 bits per heavy atom. The number of hydrogen-bond donors (Lipinski definition) is 1.